The van der Waals surface area contributed by atoms with E-state index in [2.05, 4.69) is 5.32 Å². The summed E-state index contributed by atoms with van der Waals surface area (Å²) < 4.78 is 28.0. The van der Waals surface area contributed by atoms with Crippen molar-refractivity contribution >= 4 is 17.6 Å². The normalized spacial score (nSPS) is 32.1. The molecule has 10 heteroatoms. The van der Waals surface area contributed by atoms with Gasteiger partial charge in [0.25, 0.3) is 5.91 Å². The number of ether oxygens (including phenoxy) is 2. The smallest absolute Gasteiger partial charge is 0.305 e. The lowest BCUT2D eigenvalue weighted by Crippen LogP contribution is -2.68. The number of rotatable bonds is 9. The highest BCUT2D eigenvalue weighted by atomic mass is 19.1. The highest BCUT2D eigenvalue weighted by Gasteiger charge is 2.99. The first kappa shape index (κ1) is 29.4. The molecule has 1 amide bonds. The molecule has 0 bridgehead atoms. The summed E-state index contributed by atoms with van der Waals surface area (Å²) in [7, 11) is 0. The number of amides is 1. The maximum absolute atomic E-state index is 14.6. The summed E-state index contributed by atoms with van der Waals surface area (Å²) in [5.74, 6) is -2.75. The van der Waals surface area contributed by atoms with Crippen LogP contribution in [0, 0.1) is 11.7 Å². The summed E-state index contributed by atoms with van der Waals surface area (Å²) >= 11 is 0. The van der Waals surface area contributed by atoms with Gasteiger partial charge < -0.3 is 30.1 Å². The van der Waals surface area contributed by atoms with Crippen molar-refractivity contribution in [3.63, 3.8) is 0 Å². The van der Waals surface area contributed by atoms with Crippen LogP contribution in [-0.2, 0) is 30.4 Å². The van der Waals surface area contributed by atoms with Crippen molar-refractivity contribution in [2.75, 3.05) is 11.9 Å². The van der Waals surface area contributed by atoms with E-state index in [0.29, 0.717) is 23.2 Å². The van der Waals surface area contributed by atoms with Crippen LogP contribution in [0.15, 0.2) is 84.9 Å². The predicted octanol–water partition coefficient (Wildman–Crippen LogP) is 3.96. The highest BCUT2D eigenvalue weighted by Crippen LogP contribution is 2.79. The fraction of sp³-hybridized carbons (Fsp3) is 0.394. The number of halogens is 1. The molecular weight excluding hydrogens is 555 g/mol. The van der Waals surface area contributed by atoms with Gasteiger partial charge in [0, 0.05) is 24.2 Å². The lowest BCUT2D eigenvalue weighted by molar-refractivity contribution is -0.326. The Morgan fingerprint density at radius 1 is 1.00 bits per heavy atom. The van der Waals surface area contributed by atoms with Gasteiger partial charge >= 0.3 is 5.97 Å². The molecule has 3 heterocycles. The van der Waals surface area contributed by atoms with Gasteiger partial charge in [-0.05, 0) is 42.2 Å². The molecule has 0 radical (unpaired) electrons. The van der Waals surface area contributed by atoms with Gasteiger partial charge in [0.2, 0.25) is 5.60 Å². The van der Waals surface area contributed by atoms with Crippen LogP contribution >= 0.6 is 0 Å². The van der Waals surface area contributed by atoms with Crippen LogP contribution in [-0.4, -0.2) is 62.2 Å². The number of carbonyl (C=O) groups is 2. The average Bonchev–Trinajstić information content (AvgIpc) is 3.67. The fourth-order valence-electron chi connectivity index (χ4n) is 7.33. The van der Waals surface area contributed by atoms with Crippen molar-refractivity contribution in [2.45, 2.75) is 68.0 Å². The minimum absolute atomic E-state index is 0.00271. The fourth-order valence-corrected chi connectivity index (χ4v) is 7.33. The maximum Gasteiger partial charge on any atom is 0.305 e. The standard InChI is InChI=1S/C33H35FN2O7/c1-21(2)32(41)31(29(40)35-25-11-7-4-8-12-25)30(43-31,22-9-5-3-6-10-22)33(23-13-15-24(34)16-14-23)36(32)18-17-27(42-33)19-26(37)20-28(38)39/h3-16,21,26-27,37,41H,17-20H2,1-2H3,(H,35,40)(H,38,39)/t26-,27+,30+,31-,32-,33+/m0/s1. The Bertz CT molecular complexity index is 1510. The van der Waals surface area contributed by atoms with Gasteiger partial charge in [0.15, 0.2) is 17.1 Å². The lowest BCUT2D eigenvalue weighted by atomic mass is 9.73. The van der Waals surface area contributed by atoms with Gasteiger partial charge in [-0.15, -0.1) is 0 Å². The molecule has 6 rings (SSSR count). The number of epoxide rings is 1. The SMILES string of the molecule is CC(C)[C@@]1(O)N2CC[C@H](C[C@H](O)CC(=O)O)O[C@]2(c2ccc(F)cc2)[C@]2(c3ccccc3)O[C@@]21C(=O)Nc1ccccc1. The van der Waals surface area contributed by atoms with Gasteiger partial charge in [-0.2, -0.15) is 0 Å². The molecule has 9 nitrogen and oxygen atoms in total. The predicted molar refractivity (Wildman–Crippen MR) is 154 cm³/mol. The summed E-state index contributed by atoms with van der Waals surface area (Å²) in [6.45, 7) is 3.83. The molecule has 3 saturated heterocycles. The van der Waals surface area contributed by atoms with E-state index in [0.717, 1.165) is 0 Å². The second kappa shape index (κ2) is 10.5. The molecule has 0 aromatic heterocycles. The van der Waals surface area contributed by atoms with E-state index in [1.807, 2.05) is 12.1 Å². The number of aliphatic hydroxyl groups is 2. The number of nitrogens with one attached hydrogen (secondary N) is 1. The van der Waals surface area contributed by atoms with E-state index in [1.54, 1.807) is 79.4 Å². The first-order valence-electron chi connectivity index (χ1n) is 14.5. The number of nitrogens with zero attached hydrogens (tertiary/aromatic N) is 1. The molecule has 3 aromatic rings. The molecule has 0 aliphatic carbocycles. The van der Waals surface area contributed by atoms with Crippen molar-refractivity contribution in [2.24, 2.45) is 5.92 Å². The molecule has 0 saturated carbocycles. The van der Waals surface area contributed by atoms with Crippen molar-refractivity contribution in [1.82, 2.24) is 4.90 Å². The molecule has 6 atom stereocenters. The summed E-state index contributed by atoms with van der Waals surface area (Å²) in [6, 6.07) is 23.6. The Morgan fingerprint density at radius 2 is 1.63 bits per heavy atom. The van der Waals surface area contributed by atoms with Gasteiger partial charge in [0.05, 0.1) is 18.6 Å². The number of para-hydroxylation sites is 1. The first-order valence-corrected chi connectivity index (χ1v) is 14.5. The molecule has 226 valence electrons. The molecule has 3 fully saturated rings. The van der Waals surface area contributed by atoms with Gasteiger partial charge in [-0.25, -0.2) is 9.29 Å². The number of anilines is 1. The number of morpholine rings is 1. The van der Waals surface area contributed by atoms with Crippen molar-refractivity contribution in [1.29, 1.82) is 0 Å². The van der Waals surface area contributed by atoms with Crippen LogP contribution in [0.25, 0.3) is 0 Å². The Kier molecular flexibility index (Phi) is 7.18. The minimum Gasteiger partial charge on any atom is -0.481 e. The largest absolute Gasteiger partial charge is 0.481 e. The van der Waals surface area contributed by atoms with Crippen molar-refractivity contribution in [3.8, 4) is 0 Å². The number of fused-ring (bicyclic) bond motifs is 3. The van der Waals surface area contributed by atoms with Gasteiger partial charge in [0.1, 0.15) is 5.82 Å². The number of hydrogen-bond donors (Lipinski definition) is 4. The number of carbonyl (C=O) groups excluding carboxylic acids is 1. The highest BCUT2D eigenvalue weighted by molar-refractivity contribution is 6.03. The van der Waals surface area contributed by atoms with Gasteiger partial charge in [-0.3, -0.25) is 9.59 Å². The Balaban J connectivity index is 1.59. The van der Waals surface area contributed by atoms with Crippen LogP contribution in [0.3, 0.4) is 0 Å². The van der Waals surface area contributed by atoms with E-state index in [4.69, 9.17) is 9.47 Å². The van der Waals surface area contributed by atoms with Crippen molar-refractivity contribution in [3.05, 3.63) is 102 Å². The molecular formula is C33H35FN2O7. The van der Waals surface area contributed by atoms with Crippen LogP contribution in [0.2, 0.25) is 0 Å². The first-order chi connectivity index (χ1) is 20.5. The second-order valence-electron chi connectivity index (χ2n) is 11.8. The number of aliphatic carboxylic acids is 1. The number of benzene rings is 3. The van der Waals surface area contributed by atoms with E-state index in [9.17, 15) is 29.3 Å². The number of carboxylic acid groups (broad SMARTS) is 1. The quantitative estimate of drug-likeness (QED) is 0.276. The molecule has 4 N–H and O–H groups in total. The van der Waals surface area contributed by atoms with Crippen LogP contribution in [0.1, 0.15) is 44.2 Å². The third-order valence-corrected chi connectivity index (χ3v) is 9.08. The Labute approximate surface area is 248 Å². The van der Waals surface area contributed by atoms with Gasteiger partial charge in [-0.1, -0.05) is 74.5 Å². The summed E-state index contributed by atoms with van der Waals surface area (Å²) in [6.07, 6.45) is -2.01. The second-order valence-corrected chi connectivity index (χ2v) is 11.8. The minimum atomic E-state index is -1.92. The van der Waals surface area contributed by atoms with E-state index in [-0.39, 0.29) is 13.0 Å². The number of aliphatic hydroxyl groups excluding tert-OH is 1. The lowest BCUT2D eigenvalue weighted by Gasteiger charge is -2.54. The van der Waals surface area contributed by atoms with Crippen LogP contribution < -0.4 is 5.32 Å². The maximum atomic E-state index is 14.6. The van der Waals surface area contributed by atoms with Crippen LogP contribution in [0.5, 0.6) is 0 Å². The zero-order chi connectivity index (χ0) is 30.6. The van der Waals surface area contributed by atoms with Crippen LogP contribution in [0.4, 0.5) is 10.1 Å². The molecule has 3 aromatic carbocycles. The summed E-state index contributed by atoms with van der Waals surface area (Å²) in [5.41, 5.74) is -5.55. The third-order valence-electron chi connectivity index (χ3n) is 9.08. The summed E-state index contributed by atoms with van der Waals surface area (Å²) in [4.78, 5) is 27.7. The number of carboxylic acids is 1. The van der Waals surface area contributed by atoms with Crippen molar-refractivity contribution < 1.29 is 38.8 Å². The molecule has 3 aliphatic rings. The Hall–Kier alpha value is -3.67. The molecule has 3 aliphatic heterocycles. The summed E-state index contributed by atoms with van der Waals surface area (Å²) in [5, 5.41) is 35.7. The zero-order valence-corrected chi connectivity index (χ0v) is 23.9. The monoisotopic (exact) mass is 590 g/mol. The Morgan fingerprint density at radius 3 is 2.23 bits per heavy atom. The molecule has 43 heavy (non-hydrogen) atoms. The molecule has 0 unspecified atom stereocenters. The number of hydrogen-bond acceptors (Lipinski definition) is 7. The third kappa shape index (κ3) is 4.08. The molecule has 0 spiro atoms. The topological polar surface area (TPSA) is 132 Å². The van der Waals surface area contributed by atoms with E-state index in [1.165, 1.54) is 12.1 Å². The zero-order valence-electron chi connectivity index (χ0n) is 23.9. The average molecular weight is 591 g/mol. The van der Waals surface area contributed by atoms with E-state index >= 15 is 0 Å². The van der Waals surface area contributed by atoms with E-state index < -0.39 is 64.9 Å².